The highest BCUT2D eigenvalue weighted by Gasteiger charge is 2.49. The van der Waals surface area contributed by atoms with Gasteiger partial charge in [0.25, 0.3) is 0 Å². The van der Waals surface area contributed by atoms with Gasteiger partial charge >= 0.3 is 6.09 Å². The van der Waals surface area contributed by atoms with Crippen molar-refractivity contribution < 1.29 is 13.9 Å². The van der Waals surface area contributed by atoms with Crippen LogP contribution in [0.1, 0.15) is 75.5 Å². The number of carbonyl (C=O) groups is 1. The molecular weight excluding hydrogens is 441 g/mol. The molecule has 2 heterocycles. The monoisotopic (exact) mass is 475 g/mol. The van der Waals surface area contributed by atoms with Crippen molar-refractivity contribution in [2.45, 2.75) is 89.1 Å². The number of hydrogen-bond acceptors (Lipinski definition) is 4. The lowest BCUT2D eigenvalue weighted by Gasteiger charge is -2.33. The van der Waals surface area contributed by atoms with Gasteiger partial charge < -0.3 is 9.64 Å². The standard InChI is InChI=1S/C29H34FN3O2/c1-29(2,3)35-28(34)32(4)26-15-22-12-13-25(26)33(22)17-21-6-5-7-23(27(21)18-8-9-18)19-10-11-20(16-31)24(30)14-19/h5-7,10-11,14,18,22,25-26H,8-9,12-13,15,17H2,1-4H3/t22-,25+,26+/m0/s1. The van der Waals surface area contributed by atoms with Crippen LogP contribution in [0.5, 0.6) is 0 Å². The molecule has 5 rings (SSSR count). The molecule has 2 saturated heterocycles. The third-order valence-electron chi connectivity index (χ3n) is 7.76. The van der Waals surface area contributed by atoms with Gasteiger partial charge in [-0.05, 0) is 93.2 Å². The Morgan fingerprint density at radius 3 is 2.63 bits per heavy atom. The van der Waals surface area contributed by atoms with E-state index in [2.05, 4.69) is 23.1 Å². The zero-order valence-electron chi connectivity index (χ0n) is 21.1. The molecule has 2 aromatic rings. The summed E-state index contributed by atoms with van der Waals surface area (Å²) in [6, 6.07) is 14.1. The first-order valence-corrected chi connectivity index (χ1v) is 12.7. The Labute approximate surface area is 207 Å². The number of amides is 1. The van der Waals surface area contributed by atoms with E-state index in [4.69, 9.17) is 10.00 Å². The predicted molar refractivity (Wildman–Crippen MR) is 133 cm³/mol. The van der Waals surface area contributed by atoms with Crippen molar-refractivity contribution in [3.8, 4) is 17.2 Å². The predicted octanol–water partition coefficient (Wildman–Crippen LogP) is 6.21. The van der Waals surface area contributed by atoms with Crippen LogP contribution in [0.15, 0.2) is 36.4 Å². The minimum Gasteiger partial charge on any atom is -0.444 e. The lowest BCUT2D eigenvalue weighted by Crippen LogP contribution is -2.46. The molecule has 0 aromatic heterocycles. The van der Waals surface area contributed by atoms with Crippen LogP contribution >= 0.6 is 0 Å². The van der Waals surface area contributed by atoms with Gasteiger partial charge in [-0.25, -0.2) is 9.18 Å². The summed E-state index contributed by atoms with van der Waals surface area (Å²) < 4.78 is 20.1. The molecule has 0 spiro atoms. The fourth-order valence-corrected chi connectivity index (χ4v) is 6.03. The zero-order valence-corrected chi connectivity index (χ0v) is 21.1. The molecule has 3 atom stereocenters. The van der Waals surface area contributed by atoms with Gasteiger partial charge in [0, 0.05) is 25.7 Å². The number of nitrogens with zero attached hydrogens (tertiary/aromatic N) is 3. The first-order valence-electron chi connectivity index (χ1n) is 12.7. The Hall–Kier alpha value is -2.91. The number of nitriles is 1. The minimum atomic E-state index is -0.507. The Morgan fingerprint density at radius 1 is 1.20 bits per heavy atom. The molecule has 35 heavy (non-hydrogen) atoms. The van der Waals surface area contributed by atoms with Gasteiger partial charge in [0.05, 0.1) is 11.6 Å². The summed E-state index contributed by atoms with van der Waals surface area (Å²) in [5, 5.41) is 9.11. The number of ether oxygens (including phenoxy) is 1. The average molecular weight is 476 g/mol. The van der Waals surface area contributed by atoms with Crippen molar-refractivity contribution in [3.63, 3.8) is 0 Å². The van der Waals surface area contributed by atoms with Crippen molar-refractivity contribution in [3.05, 3.63) is 58.9 Å². The average Bonchev–Trinajstić information content (AvgIpc) is 3.52. The molecule has 1 aliphatic carbocycles. The Balaban J connectivity index is 1.40. The molecule has 0 N–H and O–H groups in total. The highest BCUT2D eigenvalue weighted by molar-refractivity contribution is 5.71. The Kier molecular flexibility index (Phi) is 6.09. The first kappa shape index (κ1) is 23.8. The van der Waals surface area contributed by atoms with Gasteiger partial charge in [-0.2, -0.15) is 5.26 Å². The van der Waals surface area contributed by atoms with Crippen molar-refractivity contribution in [1.82, 2.24) is 9.80 Å². The Morgan fingerprint density at radius 2 is 1.97 bits per heavy atom. The molecule has 3 aliphatic rings. The SMILES string of the molecule is CN(C(=O)OC(C)(C)C)[C@@H]1C[C@@H]2CC[C@H]1N2Cc1cccc(-c2ccc(C#N)c(F)c2)c1C1CC1. The molecule has 2 aliphatic heterocycles. The number of halogens is 1. The topological polar surface area (TPSA) is 56.6 Å². The third kappa shape index (κ3) is 4.67. The number of fused-ring (bicyclic) bond motifs is 2. The second-order valence-electron chi connectivity index (χ2n) is 11.3. The maximum Gasteiger partial charge on any atom is 0.410 e. The maximum atomic E-state index is 14.4. The van der Waals surface area contributed by atoms with Crippen LogP contribution in [-0.2, 0) is 11.3 Å². The van der Waals surface area contributed by atoms with Gasteiger partial charge in [-0.3, -0.25) is 4.90 Å². The maximum absolute atomic E-state index is 14.4. The van der Waals surface area contributed by atoms with E-state index in [1.165, 1.54) is 17.2 Å². The van der Waals surface area contributed by atoms with Gasteiger partial charge in [-0.1, -0.05) is 24.3 Å². The van der Waals surface area contributed by atoms with E-state index < -0.39 is 11.4 Å². The fourth-order valence-electron chi connectivity index (χ4n) is 6.03. The van der Waals surface area contributed by atoms with Crippen LogP contribution in [0.4, 0.5) is 9.18 Å². The number of benzene rings is 2. The van der Waals surface area contributed by atoms with Crippen molar-refractivity contribution >= 4 is 6.09 Å². The Bertz CT molecular complexity index is 1180. The summed E-state index contributed by atoms with van der Waals surface area (Å²) in [7, 11) is 1.87. The normalized spacial score (nSPS) is 23.8. The second-order valence-corrected chi connectivity index (χ2v) is 11.3. The van der Waals surface area contributed by atoms with Crippen LogP contribution in [0.2, 0.25) is 0 Å². The molecule has 1 saturated carbocycles. The summed E-state index contributed by atoms with van der Waals surface area (Å²) in [6.45, 7) is 6.54. The van der Waals surface area contributed by atoms with E-state index in [1.807, 2.05) is 40.0 Å². The third-order valence-corrected chi connectivity index (χ3v) is 7.76. The highest BCUT2D eigenvalue weighted by atomic mass is 19.1. The molecule has 184 valence electrons. The van der Waals surface area contributed by atoms with Crippen LogP contribution in [0, 0.1) is 17.1 Å². The van der Waals surface area contributed by atoms with Gasteiger partial charge in [0.1, 0.15) is 17.5 Å². The largest absolute Gasteiger partial charge is 0.444 e. The van der Waals surface area contributed by atoms with E-state index in [0.29, 0.717) is 18.0 Å². The summed E-state index contributed by atoms with van der Waals surface area (Å²) in [5.41, 5.74) is 4.09. The zero-order chi connectivity index (χ0) is 24.9. The minimum absolute atomic E-state index is 0.0756. The van der Waals surface area contributed by atoms with Crippen molar-refractivity contribution in [1.29, 1.82) is 5.26 Å². The quantitative estimate of drug-likeness (QED) is 0.516. The molecule has 6 heteroatoms. The molecule has 1 amide bonds. The molecule has 0 unspecified atom stereocenters. The van der Waals surface area contributed by atoms with E-state index in [9.17, 15) is 9.18 Å². The van der Waals surface area contributed by atoms with Gasteiger partial charge in [-0.15, -0.1) is 0 Å². The molecule has 2 aromatic carbocycles. The molecule has 5 nitrogen and oxygen atoms in total. The number of hydrogen-bond donors (Lipinski definition) is 0. The highest BCUT2D eigenvalue weighted by Crippen LogP contribution is 2.48. The van der Waals surface area contributed by atoms with Crippen LogP contribution < -0.4 is 0 Å². The number of likely N-dealkylation sites (N-methyl/N-ethyl adjacent to an activating group) is 1. The van der Waals surface area contributed by atoms with Gasteiger partial charge in [0.15, 0.2) is 0 Å². The first-order chi connectivity index (χ1) is 16.7. The molecule has 2 bridgehead atoms. The van der Waals surface area contributed by atoms with Gasteiger partial charge in [0.2, 0.25) is 0 Å². The fraction of sp³-hybridized carbons (Fsp3) is 0.517. The molecule has 0 radical (unpaired) electrons. The van der Waals surface area contributed by atoms with Crippen LogP contribution in [0.25, 0.3) is 11.1 Å². The van der Waals surface area contributed by atoms with E-state index in [-0.39, 0.29) is 17.7 Å². The van der Waals surface area contributed by atoms with Crippen molar-refractivity contribution in [2.24, 2.45) is 0 Å². The van der Waals surface area contributed by atoms with E-state index >= 15 is 0 Å². The summed E-state index contributed by atoms with van der Waals surface area (Å²) in [4.78, 5) is 17.1. The molecule has 3 fully saturated rings. The number of rotatable bonds is 5. The second kappa shape index (κ2) is 8.95. The van der Waals surface area contributed by atoms with Crippen LogP contribution in [0.3, 0.4) is 0 Å². The van der Waals surface area contributed by atoms with Crippen LogP contribution in [-0.4, -0.2) is 46.7 Å². The summed E-state index contributed by atoms with van der Waals surface area (Å²) >= 11 is 0. The van der Waals surface area contributed by atoms with E-state index in [1.54, 1.807) is 11.0 Å². The smallest absolute Gasteiger partial charge is 0.410 e. The number of carbonyl (C=O) groups excluding carboxylic acids is 1. The molecular formula is C29H34FN3O2. The summed E-state index contributed by atoms with van der Waals surface area (Å²) in [6.07, 6.45) is 5.27. The lowest BCUT2D eigenvalue weighted by atomic mass is 9.91. The lowest BCUT2D eigenvalue weighted by molar-refractivity contribution is 0.0184. The van der Waals surface area contributed by atoms with Crippen molar-refractivity contribution in [2.75, 3.05) is 7.05 Å². The van der Waals surface area contributed by atoms with E-state index in [0.717, 1.165) is 49.8 Å². The summed E-state index contributed by atoms with van der Waals surface area (Å²) in [5.74, 6) is 0.0307.